The zero-order chi connectivity index (χ0) is 15.5. The van der Waals surface area contributed by atoms with Crippen molar-refractivity contribution in [2.24, 2.45) is 0 Å². The minimum atomic E-state index is -3.67. The van der Waals surface area contributed by atoms with Crippen molar-refractivity contribution >= 4 is 27.6 Å². The minimum Gasteiger partial charge on any atom is -0.478 e. The van der Waals surface area contributed by atoms with Crippen LogP contribution in [0.5, 0.6) is 0 Å². The number of sulfonamides is 1. The van der Waals surface area contributed by atoms with Crippen LogP contribution in [-0.2, 0) is 10.0 Å². The lowest BCUT2D eigenvalue weighted by atomic mass is 10.2. The summed E-state index contributed by atoms with van der Waals surface area (Å²) < 4.78 is 26.7. The molecule has 0 spiro atoms. The molecule has 114 valence electrons. The molecule has 0 radical (unpaired) electrons. The summed E-state index contributed by atoms with van der Waals surface area (Å²) in [5, 5.41) is 8.77. The Morgan fingerprint density at radius 1 is 1.38 bits per heavy atom. The second kappa shape index (κ2) is 6.60. The Morgan fingerprint density at radius 2 is 2.14 bits per heavy atom. The lowest BCUT2D eigenvalue weighted by molar-refractivity contribution is 0.0697. The van der Waals surface area contributed by atoms with Crippen LogP contribution in [0.25, 0.3) is 0 Å². The SMILES string of the molecule is O=C(O)c1ccc(S(=O)(=O)NCCC2=CCCC2)cc1Cl. The van der Waals surface area contributed by atoms with E-state index in [1.807, 2.05) is 0 Å². The van der Waals surface area contributed by atoms with Crippen LogP contribution in [0.1, 0.15) is 36.0 Å². The quantitative estimate of drug-likeness (QED) is 0.786. The molecular formula is C14H16ClNO4S. The molecule has 2 rings (SSSR count). The summed E-state index contributed by atoms with van der Waals surface area (Å²) in [6.45, 7) is 0.326. The maximum Gasteiger partial charge on any atom is 0.337 e. The molecule has 0 atom stereocenters. The van der Waals surface area contributed by atoms with Crippen molar-refractivity contribution in [2.75, 3.05) is 6.54 Å². The molecule has 2 N–H and O–H groups in total. The number of carboxylic acid groups (broad SMARTS) is 1. The van der Waals surface area contributed by atoms with Crippen LogP contribution in [0.3, 0.4) is 0 Å². The van der Waals surface area contributed by atoms with E-state index in [0.29, 0.717) is 13.0 Å². The highest BCUT2D eigenvalue weighted by Crippen LogP contribution is 2.22. The molecule has 1 aromatic rings. The van der Waals surface area contributed by atoms with Crippen molar-refractivity contribution in [3.05, 3.63) is 40.4 Å². The summed E-state index contributed by atoms with van der Waals surface area (Å²) >= 11 is 5.79. The number of hydrogen-bond donors (Lipinski definition) is 2. The highest BCUT2D eigenvalue weighted by atomic mass is 35.5. The number of carboxylic acids is 1. The summed E-state index contributed by atoms with van der Waals surface area (Å²) in [7, 11) is -3.67. The van der Waals surface area contributed by atoms with E-state index in [1.54, 1.807) is 0 Å². The van der Waals surface area contributed by atoms with E-state index in [0.717, 1.165) is 25.3 Å². The second-order valence-electron chi connectivity index (χ2n) is 4.85. The lowest BCUT2D eigenvalue weighted by Crippen LogP contribution is -2.25. The van der Waals surface area contributed by atoms with Gasteiger partial charge < -0.3 is 5.11 Å². The molecule has 0 unspecified atom stereocenters. The van der Waals surface area contributed by atoms with E-state index >= 15 is 0 Å². The van der Waals surface area contributed by atoms with Gasteiger partial charge in [0.1, 0.15) is 0 Å². The molecule has 0 saturated heterocycles. The molecule has 7 heteroatoms. The summed E-state index contributed by atoms with van der Waals surface area (Å²) in [5.41, 5.74) is 1.16. The van der Waals surface area contributed by atoms with Gasteiger partial charge in [0, 0.05) is 6.54 Å². The van der Waals surface area contributed by atoms with E-state index in [9.17, 15) is 13.2 Å². The zero-order valence-electron chi connectivity index (χ0n) is 11.3. The van der Waals surface area contributed by atoms with Gasteiger partial charge in [0.25, 0.3) is 0 Å². The van der Waals surface area contributed by atoms with Crippen molar-refractivity contribution in [1.29, 1.82) is 0 Å². The second-order valence-corrected chi connectivity index (χ2v) is 7.02. The first-order valence-corrected chi connectivity index (χ1v) is 8.47. The Kier molecular flexibility index (Phi) is 5.03. The molecule has 21 heavy (non-hydrogen) atoms. The van der Waals surface area contributed by atoms with Gasteiger partial charge in [-0.3, -0.25) is 0 Å². The molecule has 0 heterocycles. The Bertz CT molecular complexity index is 682. The third kappa shape index (κ3) is 4.06. The van der Waals surface area contributed by atoms with Crippen LogP contribution < -0.4 is 4.72 Å². The summed E-state index contributed by atoms with van der Waals surface area (Å²) in [6, 6.07) is 3.59. The van der Waals surface area contributed by atoms with Crippen molar-refractivity contribution in [1.82, 2.24) is 4.72 Å². The fraction of sp³-hybridized carbons (Fsp3) is 0.357. The first kappa shape index (κ1) is 16.0. The molecule has 0 bridgehead atoms. The van der Waals surface area contributed by atoms with Crippen molar-refractivity contribution in [3.63, 3.8) is 0 Å². The number of benzene rings is 1. The van der Waals surface area contributed by atoms with Gasteiger partial charge >= 0.3 is 5.97 Å². The van der Waals surface area contributed by atoms with Gasteiger partial charge in [0.2, 0.25) is 10.0 Å². The smallest absolute Gasteiger partial charge is 0.337 e. The highest BCUT2D eigenvalue weighted by molar-refractivity contribution is 7.89. The molecule has 1 aromatic carbocycles. The minimum absolute atomic E-state index is 0.0297. The summed E-state index contributed by atoms with van der Waals surface area (Å²) in [5.74, 6) is -1.19. The molecule has 1 aliphatic rings. The predicted molar refractivity (Wildman–Crippen MR) is 80.2 cm³/mol. The van der Waals surface area contributed by atoms with Crippen LogP contribution in [0, 0.1) is 0 Å². The normalized spacial score (nSPS) is 15.0. The van der Waals surface area contributed by atoms with E-state index < -0.39 is 16.0 Å². The number of allylic oxidation sites excluding steroid dienone is 1. The first-order chi connectivity index (χ1) is 9.90. The van der Waals surface area contributed by atoms with Gasteiger partial charge in [-0.1, -0.05) is 23.3 Å². The number of rotatable bonds is 6. The number of carbonyl (C=O) groups is 1. The molecule has 0 aliphatic heterocycles. The van der Waals surface area contributed by atoms with E-state index in [-0.39, 0.29) is 15.5 Å². The summed E-state index contributed by atoms with van der Waals surface area (Å²) in [6.07, 6.45) is 6.07. The maximum atomic E-state index is 12.1. The molecule has 0 aromatic heterocycles. The summed E-state index contributed by atoms with van der Waals surface area (Å²) in [4.78, 5) is 10.8. The van der Waals surface area contributed by atoms with Crippen molar-refractivity contribution in [3.8, 4) is 0 Å². The van der Waals surface area contributed by atoms with Gasteiger partial charge in [-0.15, -0.1) is 0 Å². The van der Waals surface area contributed by atoms with E-state index in [1.165, 1.54) is 17.7 Å². The van der Waals surface area contributed by atoms with Crippen molar-refractivity contribution in [2.45, 2.75) is 30.6 Å². The van der Waals surface area contributed by atoms with Gasteiger partial charge in [-0.25, -0.2) is 17.9 Å². The predicted octanol–water partition coefficient (Wildman–Crippen LogP) is 2.82. The van der Waals surface area contributed by atoms with Crippen LogP contribution >= 0.6 is 11.6 Å². The molecule has 1 aliphatic carbocycles. The van der Waals surface area contributed by atoms with Crippen LogP contribution in [0.15, 0.2) is 34.7 Å². The number of hydrogen-bond acceptors (Lipinski definition) is 3. The standard InChI is InChI=1S/C14H16ClNO4S/c15-13-9-11(5-6-12(13)14(17)18)21(19,20)16-8-7-10-3-1-2-4-10/h3,5-6,9,16H,1-2,4,7-8H2,(H,17,18). The highest BCUT2D eigenvalue weighted by Gasteiger charge is 2.17. The Balaban J connectivity index is 2.05. The fourth-order valence-corrected chi connectivity index (χ4v) is 3.61. The third-order valence-corrected chi connectivity index (χ3v) is 5.13. The van der Waals surface area contributed by atoms with Crippen LogP contribution in [0.2, 0.25) is 5.02 Å². The molecule has 0 saturated carbocycles. The lowest BCUT2D eigenvalue weighted by Gasteiger charge is -2.08. The molecule has 0 fully saturated rings. The Morgan fingerprint density at radius 3 is 2.71 bits per heavy atom. The third-order valence-electron chi connectivity index (χ3n) is 3.35. The number of nitrogens with one attached hydrogen (secondary N) is 1. The first-order valence-electron chi connectivity index (χ1n) is 6.60. The molecule has 5 nitrogen and oxygen atoms in total. The average molecular weight is 330 g/mol. The van der Waals surface area contributed by atoms with Gasteiger partial charge in [0.15, 0.2) is 0 Å². The Labute approximate surface area is 128 Å². The maximum absolute atomic E-state index is 12.1. The van der Waals surface area contributed by atoms with Gasteiger partial charge in [-0.2, -0.15) is 0 Å². The van der Waals surface area contributed by atoms with Crippen LogP contribution in [-0.4, -0.2) is 26.0 Å². The number of aromatic carboxylic acids is 1. The van der Waals surface area contributed by atoms with Crippen molar-refractivity contribution < 1.29 is 18.3 Å². The largest absolute Gasteiger partial charge is 0.478 e. The topological polar surface area (TPSA) is 83.5 Å². The average Bonchev–Trinajstić information content (AvgIpc) is 2.91. The van der Waals surface area contributed by atoms with Crippen LogP contribution in [0.4, 0.5) is 0 Å². The van der Waals surface area contributed by atoms with E-state index in [2.05, 4.69) is 10.8 Å². The van der Waals surface area contributed by atoms with Gasteiger partial charge in [0.05, 0.1) is 15.5 Å². The van der Waals surface area contributed by atoms with Gasteiger partial charge in [-0.05, 0) is 43.9 Å². The fourth-order valence-electron chi connectivity index (χ4n) is 2.23. The number of halogens is 1. The van der Waals surface area contributed by atoms with E-state index in [4.69, 9.17) is 16.7 Å². The monoisotopic (exact) mass is 329 g/mol. The Hall–Kier alpha value is -1.37. The molecule has 0 amide bonds. The zero-order valence-corrected chi connectivity index (χ0v) is 12.9. The molecular weight excluding hydrogens is 314 g/mol.